The Morgan fingerprint density at radius 2 is 1.92 bits per heavy atom. The van der Waals surface area contributed by atoms with Gasteiger partial charge in [0.1, 0.15) is 0 Å². The van der Waals surface area contributed by atoms with Crippen LogP contribution in [0.25, 0.3) is 0 Å². The normalized spacial score (nSPS) is 24.2. The van der Waals surface area contributed by atoms with Crippen LogP contribution in [0.5, 0.6) is 0 Å². The van der Waals surface area contributed by atoms with Crippen LogP contribution in [-0.4, -0.2) is 41.6 Å². The molecule has 1 aromatic heterocycles. The van der Waals surface area contributed by atoms with E-state index in [1.165, 1.54) is 5.56 Å². The molecule has 0 saturated carbocycles. The highest BCUT2D eigenvalue weighted by atomic mass is 16.2. The van der Waals surface area contributed by atoms with Crippen molar-refractivity contribution in [1.29, 1.82) is 0 Å². The van der Waals surface area contributed by atoms with Crippen molar-refractivity contribution in [2.75, 3.05) is 31.1 Å². The molecular weight excluding hydrogens is 326 g/mol. The number of nitrogens with zero attached hydrogens (tertiary/aromatic N) is 3. The van der Waals surface area contributed by atoms with Crippen molar-refractivity contribution in [2.24, 2.45) is 5.92 Å². The van der Waals surface area contributed by atoms with Crippen molar-refractivity contribution in [2.45, 2.75) is 25.3 Å². The lowest BCUT2D eigenvalue weighted by molar-refractivity contribution is -0.120. The third kappa shape index (κ3) is 2.58. The number of pyridine rings is 1. The summed E-state index contributed by atoms with van der Waals surface area (Å²) in [6.45, 7) is 3.80. The highest BCUT2D eigenvalue weighted by Gasteiger charge is 2.36. The van der Waals surface area contributed by atoms with Crippen LogP contribution in [0.3, 0.4) is 0 Å². The first kappa shape index (κ1) is 15.8. The molecule has 0 radical (unpaired) electrons. The minimum absolute atomic E-state index is 0.107. The molecule has 2 atom stereocenters. The second-order valence-corrected chi connectivity index (χ2v) is 7.82. The number of piperidine rings is 1. The summed E-state index contributed by atoms with van der Waals surface area (Å²) in [5.74, 6) is 1.01. The lowest BCUT2D eigenvalue weighted by atomic mass is 9.83. The van der Waals surface area contributed by atoms with Crippen LogP contribution in [0, 0.1) is 5.92 Å². The summed E-state index contributed by atoms with van der Waals surface area (Å²) in [5.41, 5.74) is 3.59. The lowest BCUT2D eigenvalue weighted by Crippen LogP contribution is -2.50. The summed E-state index contributed by atoms with van der Waals surface area (Å²) in [6.07, 6.45) is 2.07. The summed E-state index contributed by atoms with van der Waals surface area (Å²) >= 11 is 0. The molecule has 3 aliphatic rings. The van der Waals surface area contributed by atoms with Crippen LogP contribution < -0.4 is 10.5 Å². The maximum absolute atomic E-state index is 12.9. The quantitative estimate of drug-likeness (QED) is 0.831. The smallest absolute Gasteiger partial charge is 0.250 e. The van der Waals surface area contributed by atoms with Crippen LogP contribution in [0.4, 0.5) is 5.69 Å². The van der Waals surface area contributed by atoms with E-state index in [1.54, 1.807) is 6.07 Å². The number of rotatable bonds is 2. The van der Waals surface area contributed by atoms with Crippen LogP contribution in [-0.2, 0) is 17.8 Å². The van der Waals surface area contributed by atoms with Crippen LogP contribution in [0.15, 0.2) is 47.3 Å². The first-order chi connectivity index (χ1) is 12.7. The Balaban J connectivity index is 1.33. The number of aromatic nitrogens is 1. The highest BCUT2D eigenvalue weighted by Crippen LogP contribution is 2.35. The van der Waals surface area contributed by atoms with Gasteiger partial charge in [-0.1, -0.05) is 24.3 Å². The Morgan fingerprint density at radius 3 is 2.85 bits per heavy atom. The average Bonchev–Trinajstić information content (AvgIpc) is 3.07. The lowest BCUT2D eigenvalue weighted by Gasteiger charge is -2.42. The molecule has 0 aliphatic carbocycles. The van der Waals surface area contributed by atoms with Gasteiger partial charge in [-0.15, -0.1) is 0 Å². The largest absolute Gasteiger partial charge is 0.312 e. The highest BCUT2D eigenvalue weighted by molar-refractivity contribution is 5.96. The third-order valence-electron chi connectivity index (χ3n) is 6.10. The zero-order valence-electron chi connectivity index (χ0n) is 14.8. The number of likely N-dealkylation sites (tertiary alicyclic amines) is 1. The van der Waals surface area contributed by atoms with Crippen molar-refractivity contribution in [3.63, 3.8) is 0 Å². The number of para-hydroxylation sites is 1. The second kappa shape index (κ2) is 6.09. The molecule has 5 rings (SSSR count). The van der Waals surface area contributed by atoms with Gasteiger partial charge >= 0.3 is 0 Å². The average molecular weight is 349 g/mol. The molecule has 0 N–H and O–H groups in total. The molecule has 1 fully saturated rings. The molecule has 134 valence electrons. The molecule has 4 heterocycles. The van der Waals surface area contributed by atoms with Crippen molar-refractivity contribution < 1.29 is 4.79 Å². The zero-order valence-corrected chi connectivity index (χ0v) is 14.8. The molecule has 2 bridgehead atoms. The van der Waals surface area contributed by atoms with Gasteiger partial charge in [-0.2, -0.15) is 0 Å². The van der Waals surface area contributed by atoms with E-state index in [1.807, 2.05) is 33.7 Å². The Bertz CT molecular complexity index is 919. The van der Waals surface area contributed by atoms with Crippen LogP contribution >= 0.6 is 0 Å². The van der Waals surface area contributed by atoms with Gasteiger partial charge in [0.25, 0.3) is 5.56 Å². The fourth-order valence-corrected chi connectivity index (χ4v) is 5.00. The molecule has 2 aromatic rings. The van der Waals surface area contributed by atoms with E-state index in [0.717, 1.165) is 50.4 Å². The van der Waals surface area contributed by atoms with Gasteiger partial charge in [-0.25, -0.2) is 0 Å². The summed E-state index contributed by atoms with van der Waals surface area (Å²) in [7, 11) is 0. The molecule has 0 spiro atoms. The van der Waals surface area contributed by atoms with E-state index in [0.29, 0.717) is 18.4 Å². The van der Waals surface area contributed by atoms with E-state index >= 15 is 0 Å². The molecular formula is C21H23N3O2. The van der Waals surface area contributed by atoms with Crippen molar-refractivity contribution in [1.82, 2.24) is 9.47 Å². The summed E-state index contributed by atoms with van der Waals surface area (Å²) < 4.78 is 1.94. The van der Waals surface area contributed by atoms with Crippen molar-refractivity contribution in [3.8, 4) is 0 Å². The number of hydrogen-bond donors (Lipinski definition) is 0. The standard InChI is InChI=1S/C21H23N3O2/c25-20-7-3-6-19-17-10-15(12-24(19)20)11-22(13-17)14-21(26)23-9-8-16-4-1-2-5-18(16)23/h1-7,15,17H,8-14H2. The van der Waals surface area contributed by atoms with Gasteiger partial charge in [-0.3, -0.25) is 14.5 Å². The molecule has 5 heteroatoms. The minimum atomic E-state index is 0.107. The fourth-order valence-electron chi connectivity index (χ4n) is 5.00. The molecule has 26 heavy (non-hydrogen) atoms. The van der Waals surface area contributed by atoms with Crippen LogP contribution in [0.1, 0.15) is 23.6 Å². The Labute approximate surface area is 152 Å². The molecule has 2 unspecified atom stereocenters. The predicted octanol–water partition coefficient (Wildman–Crippen LogP) is 1.86. The van der Waals surface area contributed by atoms with E-state index in [9.17, 15) is 9.59 Å². The Hall–Kier alpha value is -2.40. The number of benzene rings is 1. The second-order valence-electron chi connectivity index (χ2n) is 7.82. The number of fused-ring (bicyclic) bond motifs is 5. The van der Waals surface area contributed by atoms with E-state index < -0.39 is 0 Å². The molecule has 5 nitrogen and oxygen atoms in total. The number of amides is 1. The van der Waals surface area contributed by atoms with Gasteiger partial charge < -0.3 is 9.47 Å². The van der Waals surface area contributed by atoms with Gasteiger partial charge in [0, 0.05) is 49.5 Å². The van der Waals surface area contributed by atoms with E-state index in [2.05, 4.69) is 17.0 Å². The van der Waals surface area contributed by atoms with E-state index in [4.69, 9.17) is 0 Å². The third-order valence-corrected chi connectivity index (χ3v) is 6.10. The van der Waals surface area contributed by atoms with Gasteiger partial charge in [0.05, 0.1) is 6.54 Å². The van der Waals surface area contributed by atoms with Gasteiger partial charge in [0.15, 0.2) is 0 Å². The summed E-state index contributed by atoms with van der Waals surface area (Å²) in [6, 6.07) is 13.8. The monoisotopic (exact) mass is 349 g/mol. The molecule has 1 aromatic carbocycles. The Morgan fingerprint density at radius 1 is 1.04 bits per heavy atom. The maximum atomic E-state index is 12.9. The minimum Gasteiger partial charge on any atom is -0.312 e. The zero-order chi connectivity index (χ0) is 17.7. The first-order valence-corrected chi connectivity index (χ1v) is 9.49. The molecule has 3 aliphatic heterocycles. The Kier molecular flexibility index (Phi) is 3.71. The summed E-state index contributed by atoms with van der Waals surface area (Å²) in [5, 5.41) is 0. The summed E-state index contributed by atoms with van der Waals surface area (Å²) in [4.78, 5) is 29.3. The number of carbonyl (C=O) groups is 1. The number of hydrogen-bond acceptors (Lipinski definition) is 3. The van der Waals surface area contributed by atoms with Crippen LogP contribution in [0.2, 0.25) is 0 Å². The number of carbonyl (C=O) groups excluding carboxylic acids is 1. The van der Waals surface area contributed by atoms with Gasteiger partial charge in [0.2, 0.25) is 5.91 Å². The SMILES string of the molecule is O=C(CN1CC2CC(C1)c1cccc(=O)n1C2)N1CCc2ccccc21. The number of anilines is 1. The predicted molar refractivity (Wildman–Crippen MR) is 100 cm³/mol. The first-order valence-electron chi connectivity index (χ1n) is 9.49. The topological polar surface area (TPSA) is 45.6 Å². The van der Waals surface area contributed by atoms with Crippen molar-refractivity contribution >= 4 is 11.6 Å². The molecule has 1 amide bonds. The fraction of sp³-hybridized carbons (Fsp3) is 0.429. The van der Waals surface area contributed by atoms with Crippen molar-refractivity contribution in [3.05, 3.63) is 64.1 Å². The van der Waals surface area contributed by atoms with E-state index in [-0.39, 0.29) is 11.5 Å². The van der Waals surface area contributed by atoms with Gasteiger partial charge in [-0.05, 0) is 36.5 Å². The molecule has 1 saturated heterocycles. The maximum Gasteiger partial charge on any atom is 0.250 e.